The minimum absolute atomic E-state index is 0.142. The predicted octanol–water partition coefficient (Wildman–Crippen LogP) is 2.54. The van der Waals surface area contributed by atoms with Crippen LogP contribution >= 0.6 is 0 Å². The van der Waals surface area contributed by atoms with Crippen LogP contribution in [0, 0.1) is 0 Å². The van der Waals surface area contributed by atoms with E-state index < -0.39 is 28.1 Å². The third-order valence-corrected chi connectivity index (χ3v) is 5.67. The third-order valence-electron chi connectivity index (χ3n) is 4.43. The summed E-state index contributed by atoms with van der Waals surface area (Å²) in [6, 6.07) is 9.85. The van der Waals surface area contributed by atoms with Gasteiger partial charge in [-0.1, -0.05) is 0 Å². The Bertz CT molecular complexity index is 1130. The molecule has 0 saturated carbocycles. The highest BCUT2D eigenvalue weighted by Gasteiger charge is 2.29. The van der Waals surface area contributed by atoms with Gasteiger partial charge in [-0.3, -0.25) is 9.10 Å². The second-order valence-corrected chi connectivity index (χ2v) is 8.72. The van der Waals surface area contributed by atoms with E-state index in [9.17, 15) is 18.0 Å². The number of carbonyl (C=O) groups is 2. The SMILES string of the molecule is CCOc1ccc(N([C@@H](C)C(=O)N/N=C\c2ccc(OC(=O)OC)c(OC)c2)S(C)(=O)=O)cc1. The normalized spacial score (nSPS) is 12.0. The Morgan fingerprint density at radius 2 is 1.79 bits per heavy atom. The van der Waals surface area contributed by atoms with Crippen LogP contribution < -0.4 is 23.9 Å². The van der Waals surface area contributed by atoms with Crippen LogP contribution in [0.5, 0.6) is 17.2 Å². The fourth-order valence-electron chi connectivity index (χ4n) is 2.91. The van der Waals surface area contributed by atoms with Gasteiger partial charge in [-0.05, 0) is 61.9 Å². The molecule has 1 amide bonds. The Balaban J connectivity index is 2.14. The maximum absolute atomic E-state index is 12.6. The standard InChI is InChI=1S/C22H27N3O8S/c1-6-32-18-10-8-17(9-11-18)25(34(5,28)29)15(2)21(26)24-23-14-16-7-12-19(20(13-16)30-3)33-22(27)31-4/h7-15H,6H2,1-5H3,(H,24,26)/b23-14-/t15-/m0/s1. The van der Waals surface area contributed by atoms with Crippen molar-refractivity contribution in [1.29, 1.82) is 0 Å². The van der Waals surface area contributed by atoms with Gasteiger partial charge >= 0.3 is 6.16 Å². The van der Waals surface area contributed by atoms with Gasteiger partial charge in [-0.25, -0.2) is 18.6 Å². The van der Waals surface area contributed by atoms with Crippen LogP contribution in [0.3, 0.4) is 0 Å². The molecule has 0 saturated heterocycles. The fourth-order valence-corrected chi connectivity index (χ4v) is 4.08. The van der Waals surface area contributed by atoms with E-state index in [1.54, 1.807) is 30.3 Å². The number of hydrogen-bond acceptors (Lipinski definition) is 9. The molecule has 11 nitrogen and oxygen atoms in total. The number of nitrogens with zero attached hydrogens (tertiary/aromatic N) is 2. The van der Waals surface area contributed by atoms with E-state index in [2.05, 4.69) is 15.3 Å². The van der Waals surface area contributed by atoms with E-state index in [0.29, 0.717) is 23.6 Å². The second-order valence-electron chi connectivity index (χ2n) is 6.86. The van der Waals surface area contributed by atoms with Crippen molar-refractivity contribution in [3.05, 3.63) is 48.0 Å². The number of sulfonamides is 1. The summed E-state index contributed by atoms with van der Waals surface area (Å²) in [6.45, 7) is 3.76. The molecule has 0 aliphatic rings. The highest BCUT2D eigenvalue weighted by Crippen LogP contribution is 2.28. The predicted molar refractivity (Wildman–Crippen MR) is 126 cm³/mol. The first-order chi connectivity index (χ1) is 16.1. The first-order valence-electron chi connectivity index (χ1n) is 10.1. The van der Waals surface area contributed by atoms with Gasteiger partial charge in [-0.15, -0.1) is 0 Å². The zero-order valence-electron chi connectivity index (χ0n) is 19.5. The molecule has 0 aromatic heterocycles. The van der Waals surface area contributed by atoms with Gasteiger partial charge < -0.3 is 18.9 Å². The summed E-state index contributed by atoms with van der Waals surface area (Å²) in [4.78, 5) is 23.9. The Hall–Kier alpha value is -3.80. The monoisotopic (exact) mass is 493 g/mol. The van der Waals surface area contributed by atoms with Crippen molar-refractivity contribution in [1.82, 2.24) is 5.43 Å². The third kappa shape index (κ3) is 7.10. The van der Waals surface area contributed by atoms with Gasteiger partial charge in [0.1, 0.15) is 11.8 Å². The Labute approximate surface area is 198 Å². The molecule has 34 heavy (non-hydrogen) atoms. The van der Waals surface area contributed by atoms with E-state index in [0.717, 1.165) is 10.6 Å². The van der Waals surface area contributed by atoms with Crippen molar-refractivity contribution in [2.24, 2.45) is 5.10 Å². The summed E-state index contributed by atoms with van der Waals surface area (Å²) in [6.07, 6.45) is 1.45. The van der Waals surface area contributed by atoms with Crippen LogP contribution in [0.25, 0.3) is 0 Å². The number of amides is 1. The van der Waals surface area contributed by atoms with Crippen LogP contribution in [-0.2, 0) is 19.6 Å². The van der Waals surface area contributed by atoms with Gasteiger partial charge in [0.2, 0.25) is 10.0 Å². The fraction of sp³-hybridized carbons (Fsp3) is 0.318. The number of rotatable bonds is 10. The molecule has 184 valence electrons. The summed E-state index contributed by atoms with van der Waals surface area (Å²) in [5.74, 6) is 0.323. The van der Waals surface area contributed by atoms with Crippen LogP contribution in [0.2, 0.25) is 0 Å². The molecule has 0 spiro atoms. The van der Waals surface area contributed by atoms with Crippen molar-refractivity contribution in [2.45, 2.75) is 19.9 Å². The van der Waals surface area contributed by atoms with Gasteiger partial charge in [0.25, 0.3) is 5.91 Å². The minimum atomic E-state index is -3.78. The number of nitrogens with one attached hydrogen (secondary N) is 1. The van der Waals surface area contributed by atoms with Crippen molar-refractivity contribution >= 4 is 34.0 Å². The van der Waals surface area contributed by atoms with E-state index in [1.807, 2.05) is 6.92 Å². The lowest BCUT2D eigenvalue weighted by atomic mass is 10.2. The first-order valence-corrected chi connectivity index (χ1v) is 11.9. The lowest BCUT2D eigenvalue weighted by Gasteiger charge is -2.27. The van der Waals surface area contributed by atoms with Crippen LogP contribution in [0.15, 0.2) is 47.6 Å². The van der Waals surface area contributed by atoms with Crippen molar-refractivity contribution in [3.8, 4) is 17.2 Å². The molecular weight excluding hydrogens is 466 g/mol. The zero-order valence-corrected chi connectivity index (χ0v) is 20.3. The molecule has 0 heterocycles. The molecule has 0 radical (unpaired) electrons. The molecule has 2 aromatic carbocycles. The molecule has 0 bridgehead atoms. The number of ether oxygens (including phenoxy) is 4. The van der Waals surface area contributed by atoms with Crippen molar-refractivity contribution in [3.63, 3.8) is 0 Å². The summed E-state index contributed by atoms with van der Waals surface area (Å²) in [5.41, 5.74) is 3.16. The molecule has 0 fully saturated rings. The Kier molecular flexibility index (Phi) is 9.25. The average molecular weight is 494 g/mol. The quantitative estimate of drug-likeness (QED) is 0.231. The largest absolute Gasteiger partial charge is 0.513 e. The summed E-state index contributed by atoms with van der Waals surface area (Å²) >= 11 is 0. The molecule has 0 unspecified atom stereocenters. The smallest absolute Gasteiger partial charge is 0.494 e. The molecule has 12 heteroatoms. The summed E-state index contributed by atoms with van der Waals surface area (Å²) in [7, 11) is -1.20. The Morgan fingerprint density at radius 3 is 2.35 bits per heavy atom. The number of methoxy groups -OCH3 is 2. The van der Waals surface area contributed by atoms with E-state index in [-0.39, 0.29) is 11.5 Å². The number of benzene rings is 2. The van der Waals surface area contributed by atoms with E-state index >= 15 is 0 Å². The van der Waals surface area contributed by atoms with Crippen LogP contribution in [0.4, 0.5) is 10.5 Å². The maximum Gasteiger partial charge on any atom is 0.513 e. The zero-order chi connectivity index (χ0) is 25.3. The maximum atomic E-state index is 12.6. The highest BCUT2D eigenvalue weighted by atomic mass is 32.2. The van der Waals surface area contributed by atoms with Crippen LogP contribution in [0.1, 0.15) is 19.4 Å². The molecule has 2 aromatic rings. The van der Waals surface area contributed by atoms with E-state index in [1.165, 1.54) is 39.5 Å². The van der Waals surface area contributed by atoms with Gasteiger partial charge in [0.05, 0.1) is 39.0 Å². The summed E-state index contributed by atoms with van der Waals surface area (Å²) < 4.78 is 45.8. The number of hydrogen-bond donors (Lipinski definition) is 1. The lowest BCUT2D eigenvalue weighted by Crippen LogP contribution is -2.46. The molecule has 0 aliphatic carbocycles. The molecule has 0 aliphatic heterocycles. The average Bonchev–Trinajstić information content (AvgIpc) is 2.80. The van der Waals surface area contributed by atoms with Crippen molar-refractivity contribution in [2.75, 3.05) is 31.4 Å². The number of anilines is 1. The first kappa shape index (κ1) is 26.5. The van der Waals surface area contributed by atoms with Gasteiger partial charge in [-0.2, -0.15) is 5.10 Å². The van der Waals surface area contributed by atoms with Gasteiger partial charge in [0, 0.05) is 0 Å². The topological polar surface area (TPSA) is 133 Å². The number of carbonyl (C=O) groups excluding carboxylic acids is 2. The minimum Gasteiger partial charge on any atom is -0.494 e. The molecule has 2 rings (SSSR count). The Morgan fingerprint density at radius 1 is 1.12 bits per heavy atom. The van der Waals surface area contributed by atoms with E-state index in [4.69, 9.17) is 14.2 Å². The summed E-state index contributed by atoms with van der Waals surface area (Å²) in [5, 5.41) is 3.89. The second kappa shape index (κ2) is 11.9. The number of hydrazone groups is 1. The molecule has 1 atom stereocenters. The lowest BCUT2D eigenvalue weighted by molar-refractivity contribution is -0.121. The molecule has 1 N–H and O–H groups in total. The highest BCUT2D eigenvalue weighted by molar-refractivity contribution is 7.92. The van der Waals surface area contributed by atoms with Gasteiger partial charge in [0.15, 0.2) is 11.5 Å². The molecular formula is C22H27N3O8S. The van der Waals surface area contributed by atoms with Crippen LogP contribution in [-0.4, -0.2) is 59.8 Å². The van der Waals surface area contributed by atoms with Crippen molar-refractivity contribution < 1.29 is 37.0 Å².